The molecule has 0 amide bonds. The molecule has 2 heterocycles. The molecule has 0 bridgehead atoms. The maximum atomic E-state index is 11.5. The van der Waals surface area contributed by atoms with Crippen molar-refractivity contribution < 1.29 is 9.90 Å². The van der Waals surface area contributed by atoms with Crippen molar-refractivity contribution in [1.82, 2.24) is 9.97 Å². The standard InChI is InChI=1S/C15H17N3O2/c19-15(20)13-8-2-1-5-9-18(13)14-11-6-3-4-7-12(11)16-10-17-14/h3-4,6-7,10,13H,1-2,5,8-9H2,(H,19,20). The molecule has 1 aromatic carbocycles. The Bertz CT molecular complexity index is 624. The number of hydrogen-bond donors (Lipinski definition) is 1. The molecule has 1 aromatic heterocycles. The summed E-state index contributed by atoms with van der Waals surface area (Å²) in [5, 5.41) is 10.4. The number of anilines is 1. The highest BCUT2D eigenvalue weighted by atomic mass is 16.4. The molecule has 2 aromatic rings. The predicted octanol–water partition coefficient (Wildman–Crippen LogP) is 2.46. The molecule has 1 unspecified atom stereocenters. The third-order valence-electron chi connectivity index (χ3n) is 3.83. The van der Waals surface area contributed by atoms with Gasteiger partial charge in [-0.15, -0.1) is 0 Å². The van der Waals surface area contributed by atoms with E-state index in [4.69, 9.17) is 0 Å². The number of hydrogen-bond acceptors (Lipinski definition) is 4. The van der Waals surface area contributed by atoms with Crippen LogP contribution in [0.5, 0.6) is 0 Å². The summed E-state index contributed by atoms with van der Waals surface area (Å²) in [4.78, 5) is 22.1. The normalized spacial score (nSPS) is 19.8. The summed E-state index contributed by atoms with van der Waals surface area (Å²) in [7, 11) is 0. The number of carbonyl (C=O) groups is 1. The van der Waals surface area contributed by atoms with Gasteiger partial charge in [0, 0.05) is 11.9 Å². The van der Waals surface area contributed by atoms with Gasteiger partial charge in [-0.2, -0.15) is 0 Å². The maximum Gasteiger partial charge on any atom is 0.326 e. The van der Waals surface area contributed by atoms with Gasteiger partial charge >= 0.3 is 5.97 Å². The zero-order valence-electron chi connectivity index (χ0n) is 11.2. The van der Waals surface area contributed by atoms with Crippen LogP contribution in [0.15, 0.2) is 30.6 Å². The van der Waals surface area contributed by atoms with Crippen molar-refractivity contribution in [2.75, 3.05) is 11.4 Å². The molecule has 3 rings (SSSR count). The molecule has 5 nitrogen and oxygen atoms in total. The number of benzene rings is 1. The lowest BCUT2D eigenvalue weighted by Gasteiger charge is -2.28. The molecule has 1 atom stereocenters. The lowest BCUT2D eigenvalue weighted by Crippen LogP contribution is -2.41. The summed E-state index contributed by atoms with van der Waals surface area (Å²) in [6.07, 6.45) is 5.22. The number of para-hydroxylation sites is 1. The number of rotatable bonds is 2. The summed E-state index contributed by atoms with van der Waals surface area (Å²) < 4.78 is 0. The summed E-state index contributed by atoms with van der Waals surface area (Å²) in [6.45, 7) is 0.734. The molecule has 104 valence electrons. The SMILES string of the molecule is O=C(O)C1CCCCCN1c1ncnc2ccccc12. The molecule has 0 radical (unpaired) electrons. The molecule has 1 saturated heterocycles. The van der Waals surface area contributed by atoms with Crippen LogP contribution in [0.3, 0.4) is 0 Å². The predicted molar refractivity (Wildman–Crippen MR) is 76.8 cm³/mol. The second-order valence-electron chi connectivity index (χ2n) is 5.11. The molecule has 20 heavy (non-hydrogen) atoms. The Morgan fingerprint density at radius 3 is 2.90 bits per heavy atom. The molecule has 0 saturated carbocycles. The number of carboxylic acid groups (broad SMARTS) is 1. The smallest absolute Gasteiger partial charge is 0.326 e. The molecule has 5 heteroatoms. The van der Waals surface area contributed by atoms with Crippen molar-refractivity contribution in [2.45, 2.75) is 31.7 Å². The van der Waals surface area contributed by atoms with Crippen molar-refractivity contribution in [3.05, 3.63) is 30.6 Å². The van der Waals surface area contributed by atoms with E-state index in [0.717, 1.165) is 42.5 Å². The minimum Gasteiger partial charge on any atom is -0.480 e. The average molecular weight is 271 g/mol. The van der Waals surface area contributed by atoms with Crippen molar-refractivity contribution in [3.63, 3.8) is 0 Å². The number of carboxylic acids is 1. The summed E-state index contributed by atoms with van der Waals surface area (Å²) >= 11 is 0. The van der Waals surface area contributed by atoms with E-state index in [1.54, 1.807) is 0 Å². The Morgan fingerprint density at radius 1 is 1.20 bits per heavy atom. The van der Waals surface area contributed by atoms with Crippen LogP contribution in [0.25, 0.3) is 10.9 Å². The van der Waals surface area contributed by atoms with E-state index in [0.29, 0.717) is 6.42 Å². The van der Waals surface area contributed by atoms with Gasteiger partial charge in [0.2, 0.25) is 0 Å². The lowest BCUT2D eigenvalue weighted by molar-refractivity contribution is -0.138. The Kier molecular flexibility index (Phi) is 3.50. The van der Waals surface area contributed by atoms with Crippen molar-refractivity contribution in [2.24, 2.45) is 0 Å². The molecular weight excluding hydrogens is 254 g/mol. The van der Waals surface area contributed by atoms with E-state index in [-0.39, 0.29) is 0 Å². The highest BCUT2D eigenvalue weighted by Crippen LogP contribution is 2.28. The quantitative estimate of drug-likeness (QED) is 0.908. The number of fused-ring (bicyclic) bond motifs is 1. The van der Waals surface area contributed by atoms with E-state index >= 15 is 0 Å². The monoisotopic (exact) mass is 271 g/mol. The third kappa shape index (κ3) is 2.31. The molecule has 1 N–H and O–H groups in total. The van der Waals surface area contributed by atoms with Crippen LogP contribution in [0.4, 0.5) is 5.82 Å². The first-order chi connectivity index (χ1) is 9.77. The minimum atomic E-state index is -0.769. The van der Waals surface area contributed by atoms with Gasteiger partial charge in [-0.1, -0.05) is 25.0 Å². The second kappa shape index (κ2) is 5.45. The van der Waals surface area contributed by atoms with Crippen LogP contribution in [0.1, 0.15) is 25.7 Å². The van der Waals surface area contributed by atoms with Crippen LogP contribution < -0.4 is 4.90 Å². The fourth-order valence-electron chi connectivity index (χ4n) is 2.84. The maximum absolute atomic E-state index is 11.5. The fourth-order valence-corrected chi connectivity index (χ4v) is 2.84. The zero-order valence-corrected chi connectivity index (χ0v) is 11.2. The Labute approximate surface area is 117 Å². The topological polar surface area (TPSA) is 66.3 Å². The van der Waals surface area contributed by atoms with Gasteiger partial charge in [0.05, 0.1) is 5.52 Å². The zero-order chi connectivity index (χ0) is 13.9. The Hall–Kier alpha value is -2.17. The van der Waals surface area contributed by atoms with Gasteiger partial charge in [-0.3, -0.25) is 0 Å². The molecule has 1 fully saturated rings. The largest absolute Gasteiger partial charge is 0.480 e. The molecular formula is C15H17N3O2. The molecule has 0 spiro atoms. The summed E-state index contributed by atoms with van der Waals surface area (Å²) in [5.74, 6) is -0.0282. The van der Waals surface area contributed by atoms with Crippen molar-refractivity contribution >= 4 is 22.7 Å². The van der Waals surface area contributed by atoms with E-state index < -0.39 is 12.0 Å². The van der Waals surface area contributed by atoms with Gasteiger partial charge in [0.15, 0.2) is 0 Å². The summed E-state index contributed by atoms with van der Waals surface area (Å²) in [5.41, 5.74) is 0.853. The van der Waals surface area contributed by atoms with Crippen LogP contribution in [-0.4, -0.2) is 33.6 Å². The van der Waals surface area contributed by atoms with Crippen LogP contribution in [0, 0.1) is 0 Å². The van der Waals surface area contributed by atoms with Crippen LogP contribution in [0.2, 0.25) is 0 Å². The van der Waals surface area contributed by atoms with Crippen molar-refractivity contribution in [1.29, 1.82) is 0 Å². The third-order valence-corrected chi connectivity index (χ3v) is 3.83. The van der Waals surface area contributed by atoms with Gasteiger partial charge in [0.25, 0.3) is 0 Å². The Morgan fingerprint density at radius 2 is 2.05 bits per heavy atom. The second-order valence-corrected chi connectivity index (χ2v) is 5.11. The first kappa shape index (κ1) is 12.8. The molecule has 1 aliphatic heterocycles. The number of aliphatic carboxylic acids is 1. The fraction of sp³-hybridized carbons (Fsp3) is 0.400. The highest BCUT2D eigenvalue weighted by Gasteiger charge is 2.29. The first-order valence-corrected chi connectivity index (χ1v) is 6.96. The highest BCUT2D eigenvalue weighted by molar-refractivity contribution is 5.91. The molecule has 0 aliphatic carbocycles. The molecule has 1 aliphatic rings. The Balaban J connectivity index is 2.09. The first-order valence-electron chi connectivity index (χ1n) is 6.96. The van der Waals surface area contributed by atoms with Crippen LogP contribution in [-0.2, 0) is 4.79 Å². The average Bonchev–Trinajstić information content (AvgIpc) is 2.72. The lowest BCUT2D eigenvalue weighted by atomic mass is 10.1. The number of aromatic nitrogens is 2. The van der Waals surface area contributed by atoms with Gasteiger partial charge in [-0.05, 0) is 25.0 Å². The van der Waals surface area contributed by atoms with E-state index in [1.807, 2.05) is 29.2 Å². The van der Waals surface area contributed by atoms with Crippen molar-refractivity contribution in [3.8, 4) is 0 Å². The van der Waals surface area contributed by atoms with E-state index in [2.05, 4.69) is 9.97 Å². The van der Waals surface area contributed by atoms with Gasteiger partial charge < -0.3 is 10.0 Å². The van der Waals surface area contributed by atoms with Gasteiger partial charge in [0.1, 0.15) is 18.2 Å². The number of nitrogens with zero attached hydrogens (tertiary/aromatic N) is 3. The van der Waals surface area contributed by atoms with Gasteiger partial charge in [-0.25, -0.2) is 14.8 Å². The van der Waals surface area contributed by atoms with E-state index in [1.165, 1.54) is 6.33 Å². The van der Waals surface area contributed by atoms with E-state index in [9.17, 15) is 9.90 Å². The minimum absolute atomic E-state index is 0.490. The van der Waals surface area contributed by atoms with Crippen LogP contribution >= 0.6 is 0 Å². The summed E-state index contributed by atoms with van der Waals surface area (Å²) in [6, 6.07) is 7.25.